The Kier molecular flexibility index (Phi) is 6.83. The number of nitrogens with one attached hydrogen (secondary N) is 2. The summed E-state index contributed by atoms with van der Waals surface area (Å²) in [5.74, 6) is -0.743. The van der Waals surface area contributed by atoms with Crippen molar-refractivity contribution in [1.82, 2.24) is 10.9 Å². The van der Waals surface area contributed by atoms with Gasteiger partial charge in [0.25, 0.3) is 11.8 Å². The van der Waals surface area contributed by atoms with E-state index in [1.54, 1.807) is 24.3 Å². The molecule has 0 bridgehead atoms. The van der Waals surface area contributed by atoms with Gasteiger partial charge in [-0.2, -0.15) is 0 Å². The van der Waals surface area contributed by atoms with Crippen LogP contribution in [0.4, 0.5) is 0 Å². The molecular weight excluding hydrogens is 459 g/mol. The molecule has 0 aromatic heterocycles. The largest absolute Gasteiger partial charge is 0.272 e. The number of halogens is 3. The summed E-state index contributed by atoms with van der Waals surface area (Å²) in [6.45, 7) is 1.94. The van der Waals surface area contributed by atoms with E-state index >= 15 is 0 Å². The molecular formula is C17H15Br2ClN2O2. The molecule has 126 valence electrons. The van der Waals surface area contributed by atoms with E-state index in [1.165, 1.54) is 0 Å². The molecule has 2 aromatic carbocycles. The van der Waals surface area contributed by atoms with Gasteiger partial charge in [-0.1, -0.05) is 73.3 Å². The molecule has 2 rings (SSSR count). The molecule has 0 saturated carbocycles. The predicted molar refractivity (Wildman–Crippen MR) is 103 cm³/mol. The van der Waals surface area contributed by atoms with Crippen molar-refractivity contribution in [1.29, 1.82) is 0 Å². The lowest BCUT2D eigenvalue weighted by Gasteiger charge is -2.17. The summed E-state index contributed by atoms with van der Waals surface area (Å²) in [5.41, 5.74) is 7.24. The first-order chi connectivity index (χ1) is 11.4. The molecule has 2 aromatic rings. The van der Waals surface area contributed by atoms with E-state index in [0.29, 0.717) is 10.6 Å². The number of hydrogen-bond acceptors (Lipinski definition) is 2. The Hall–Kier alpha value is -1.37. The van der Waals surface area contributed by atoms with Crippen LogP contribution in [0.15, 0.2) is 48.5 Å². The van der Waals surface area contributed by atoms with Crippen LogP contribution in [0.25, 0.3) is 0 Å². The average molecular weight is 475 g/mol. The topological polar surface area (TPSA) is 58.2 Å². The minimum atomic E-state index is -0.572. The van der Waals surface area contributed by atoms with Crippen LogP contribution < -0.4 is 10.9 Å². The monoisotopic (exact) mass is 472 g/mol. The van der Waals surface area contributed by atoms with Gasteiger partial charge in [0, 0.05) is 10.6 Å². The first-order valence-corrected chi connectivity index (χ1v) is 9.30. The average Bonchev–Trinajstić information content (AvgIpc) is 2.59. The standard InChI is InChI=1S/C17H15Br2ClN2O2/c1-10-2-4-12(5-3-10)16(23)21-22-17(24)15(19)14(18)11-6-8-13(20)9-7-11/h2-9,14-15H,1H3,(H,21,23)(H,22,24)/t14-,15+/m1/s1. The number of hydrogen-bond donors (Lipinski definition) is 2. The molecule has 0 aliphatic carbocycles. The molecule has 0 saturated heterocycles. The summed E-state index contributed by atoms with van der Waals surface area (Å²) in [7, 11) is 0. The highest BCUT2D eigenvalue weighted by Crippen LogP contribution is 2.31. The van der Waals surface area contributed by atoms with Gasteiger partial charge in [-0.3, -0.25) is 20.4 Å². The second-order valence-corrected chi connectivity index (χ2v) is 7.57. The Labute approximate surface area is 162 Å². The zero-order chi connectivity index (χ0) is 17.7. The number of benzene rings is 2. The van der Waals surface area contributed by atoms with Crippen LogP contribution in [0.3, 0.4) is 0 Å². The third-order valence-corrected chi connectivity index (χ3v) is 6.27. The van der Waals surface area contributed by atoms with Gasteiger partial charge < -0.3 is 0 Å². The van der Waals surface area contributed by atoms with Crippen LogP contribution in [0.2, 0.25) is 5.02 Å². The Morgan fingerprint density at radius 2 is 1.54 bits per heavy atom. The highest BCUT2D eigenvalue weighted by atomic mass is 79.9. The fourth-order valence-corrected chi connectivity index (χ4v) is 3.00. The predicted octanol–water partition coefficient (Wildman–Crippen LogP) is 4.31. The summed E-state index contributed by atoms with van der Waals surface area (Å²) in [4.78, 5) is 23.3. The number of alkyl halides is 2. The van der Waals surface area contributed by atoms with E-state index in [9.17, 15) is 9.59 Å². The van der Waals surface area contributed by atoms with Crippen LogP contribution in [0, 0.1) is 6.92 Å². The van der Waals surface area contributed by atoms with E-state index in [1.807, 2.05) is 31.2 Å². The van der Waals surface area contributed by atoms with Crippen LogP contribution in [0.5, 0.6) is 0 Å². The van der Waals surface area contributed by atoms with Crippen LogP contribution in [-0.4, -0.2) is 16.6 Å². The molecule has 0 fully saturated rings. The third kappa shape index (κ3) is 5.06. The van der Waals surface area contributed by atoms with Gasteiger partial charge in [-0.05, 0) is 36.8 Å². The molecule has 2 atom stereocenters. The summed E-state index contributed by atoms with van der Waals surface area (Å²) in [6, 6.07) is 14.2. The molecule has 0 aliphatic rings. The highest BCUT2D eigenvalue weighted by Gasteiger charge is 2.25. The van der Waals surface area contributed by atoms with Crippen LogP contribution in [-0.2, 0) is 4.79 Å². The molecule has 7 heteroatoms. The molecule has 0 radical (unpaired) electrons. The quantitative estimate of drug-likeness (QED) is 0.513. The van der Waals surface area contributed by atoms with Crippen molar-refractivity contribution in [2.45, 2.75) is 16.6 Å². The molecule has 4 nitrogen and oxygen atoms in total. The molecule has 0 heterocycles. The summed E-state index contributed by atoms with van der Waals surface area (Å²) in [5, 5.41) is 0.624. The van der Waals surface area contributed by atoms with Crippen molar-refractivity contribution >= 4 is 55.3 Å². The Morgan fingerprint density at radius 1 is 0.958 bits per heavy atom. The normalized spacial score (nSPS) is 13.0. The van der Waals surface area contributed by atoms with Crippen molar-refractivity contribution < 1.29 is 9.59 Å². The smallest absolute Gasteiger partial charge is 0.269 e. The maximum atomic E-state index is 12.2. The van der Waals surface area contributed by atoms with E-state index in [2.05, 4.69) is 42.7 Å². The van der Waals surface area contributed by atoms with Crippen LogP contribution in [0.1, 0.15) is 26.3 Å². The van der Waals surface area contributed by atoms with Gasteiger partial charge in [0.05, 0.1) is 4.83 Å². The summed E-state index contributed by atoms with van der Waals surface area (Å²) < 4.78 is 0. The zero-order valence-corrected chi connectivity index (χ0v) is 16.7. The first kappa shape index (κ1) is 19.0. The van der Waals surface area contributed by atoms with Gasteiger partial charge in [0.15, 0.2) is 0 Å². The lowest BCUT2D eigenvalue weighted by atomic mass is 10.1. The number of carbonyl (C=O) groups excluding carboxylic acids is 2. The minimum absolute atomic E-state index is 0.272. The second-order valence-electron chi connectivity index (χ2n) is 5.16. The maximum absolute atomic E-state index is 12.2. The minimum Gasteiger partial charge on any atom is -0.272 e. The van der Waals surface area contributed by atoms with Crippen LogP contribution >= 0.6 is 43.5 Å². The Morgan fingerprint density at radius 3 is 2.12 bits per heavy atom. The molecule has 0 spiro atoms. The molecule has 2 N–H and O–H groups in total. The number of aryl methyl sites for hydroxylation is 1. The molecule has 2 amide bonds. The molecule has 0 unspecified atom stereocenters. The lowest BCUT2D eigenvalue weighted by molar-refractivity contribution is -0.121. The van der Waals surface area contributed by atoms with Gasteiger partial charge >= 0.3 is 0 Å². The number of rotatable bonds is 4. The number of amides is 2. The van der Waals surface area contributed by atoms with E-state index < -0.39 is 4.83 Å². The Balaban J connectivity index is 1.92. The lowest BCUT2D eigenvalue weighted by Crippen LogP contribution is -2.45. The van der Waals surface area contributed by atoms with Crippen molar-refractivity contribution in [2.24, 2.45) is 0 Å². The van der Waals surface area contributed by atoms with Gasteiger partial charge in [0.1, 0.15) is 4.83 Å². The van der Waals surface area contributed by atoms with Gasteiger partial charge in [-0.15, -0.1) is 0 Å². The van der Waals surface area contributed by atoms with Crippen molar-refractivity contribution in [3.8, 4) is 0 Å². The van der Waals surface area contributed by atoms with Crippen molar-refractivity contribution in [2.75, 3.05) is 0 Å². The Bertz CT molecular complexity index is 720. The summed E-state index contributed by atoms with van der Waals surface area (Å²) >= 11 is 12.7. The first-order valence-electron chi connectivity index (χ1n) is 7.09. The fraction of sp³-hybridized carbons (Fsp3) is 0.176. The summed E-state index contributed by atoms with van der Waals surface area (Å²) in [6.07, 6.45) is 0. The number of hydrazine groups is 1. The molecule has 24 heavy (non-hydrogen) atoms. The zero-order valence-electron chi connectivity index (χ0n) is 12.7. The van der Waals surface area contributed by atoms with E-state index in [0.717, 1.165) is 11.1 Å². The fourth-order valence-electron chi connectivity index (χ4n) is 1.91. The second kappa shape index (κ2) is 8.65. The van der Waals surface area contributed by atoms with E-state index in [-0.39, 0.29) is 16.6 Å². The highest BCUT2D eigenvalue weighted by molar-refractivity contribution is 9.12. The maximum Gasteiger partial charge on any atom is 0.269 e. The van der Waals surface area contributed by atoms with Crippen molar-refractivity contribution in [3.05, 3.63) is 70.2 Å². The third-order valence-electron chi connectivity index (χ3n) is 3.31. The van der Waals surface area contributed by atoms with E-state index in [4.69, 9.17) is 11.6 Å². The SMILES string of the molecule is Cc1ccc(C(=O)NNC(=O)[C@@H](Br)[C@H](Br)c2ccc(Cl)cc2)cc1. The van der Waals surface area contributed by atoms with Gasteiger partial charge in [0.2, 0.25) is 0 Å². The van der Waals surface area contributed by atoms with Crippen molar-refractivity contribution in [3.63, 3.8) is 0 Å². The molecule has 0 aliphatic heterocycles. The number of carbonyl (C=O) groups is 2. The van der Waals surface area contributed by atoms with Gasteiger partial charge in [-0.25, -0.2) is 0 Å².